The fourth-order valence-electron chi connectivity index (χ4n) is 8.75. The summed E-state index contributed by atoms with van der Waals surface area (Å²) in [5.41, 5.74) is 1.32. The summed E-state index contributed by atoms with van der Waals surface area (Å²) >= 11 is 0. The van der Waals surface area contributed by atoms with Crippen LogP contribution >= 0.6 is 0 Å². The zero-order chi connectivity index (χ0) is 44.7. The topological polar surface area (TPSA) is 196 Å². The second-order valence-corrected chi connectivity index (χ2v) is 18.5. The van der Waals surface area contributed by atoms with Crippen LogP contribution in [0, 0.1) is 17.2 Å². The summed E-state index contributed by atoms with van der Waals surface area (Å²) in [4.78, 5) is 104. The largest absolute Gasteiger partial charge is 0.444 e. The van der Waals surface area contributed by atoms with E-state index in [0.29, 0.717) is 42.4 Å². The third-order valence-corrected chi connectivity index (χ3v) is 12.5. The fourth-order valence-corrected chi connectivity index (χ4v) is 8.75. The molecule has 2 aliphatic carbocycles. The van der Waals surface area contributed by atoms with Crippen LogP contribution in [0.2, 0.25) is 0 Å². The normalized spacial score (nSPS) is 21.8. The maximum atomic E-state index is 15.0. The molecular weight excluding hydrogens is 798 g/mol. The van der Waals surface area contributed by atoms with Crippen LogP contribution in [-0.4, -0.2) is 100 Å². The molecule has 15 nitrogen and oxygen atoms in total. The number of carbonyl (C=O) groups is 7. The number of nitrogens with one attached hydrogen (secondary N) is 4. The number of hydrogen-bond acceptors (Lipinski definition) is 9. The van der Waals surface area contributed by atoms with Gasteiger partial charge in [-0.05, 0) is 74.8 Å². The summed E-state index contributed by atoms with van der Waals surface area (Å²) in [6, 6.07) is -0.0731. The van der Waals surface area contributed by atoms with Crippen LogP contribution in [0.1, 0.15) is 123 Å². The van der Waals surface area contributed by atoms with Crippen LogP contribution in [0.15, 0.2) is 46.6 Å². The van der Waals surface area contributed by atoms with Gasteiger partial charge in [-0.2, -0.15) is 0 Å². The molecule has 16 heteroatoms. The number of benzene rings is 1. The number of nitrogens with zero attached hydrogens (tertiary/aromatic N) is 3. The molecule has 5 atom stereocenters. The first kappa shape index (κ1) is 46.1. The summed E-state index contributed by atoms with van der Waals surface area (Å²) in [5, 5.41) is 11.4. The quantitative estimate of drug-likeness (QED) is 0.194. The summed E-state index contributed by atoms with van der Waals surface area (Å²) in [6.45, 7) is 8.89. The summed E-state index contributed by atoms with van der Waals surface area (Å²) in [7, 11) is 0. The highest BCUT2D eigenvalue weighted by molar-refractivity contribution is 6.38. The highest BCUT2D eigenvalue weighted by atomic mass is 19.1. The Morgan fingerprint density at radius 3 is 2.39 bits per heavy atom. The minimum Gasteiger partial charge on any atom is -0.444 e. The van der Waals surface area contributed by atoms with Gasteiger partial charge in [0.05, 0.1) is 24.7 Å². The number of halogens is 1. The third-order valence-electron chi connectivity index (χ3n) is 12.5. The average molecular weight is 860 g/mol. The molecular formula is C46H62FN7O8. The monoisotopic (exact) mass is 859 g/mol. The Labute approximate surface area is 363 Å². The second kappa shape index (κ2) is 20.2. The van der Waals surface area contributed by atoms with E-state index in [-0.39, 0.29) is 44.4 Å². The molecule has 1 aromatic rings. The van der Waals surface area contributed by atoms with E-state index in [4.69, 9.17) is 4.74 Å². The Bertz CT molecular complexity index is 2000. The van der Waals surface area contributed by atoms with E-state index in [1.54, 1.807) is 39.1 Å². The van der Waals surface area contributed by atoms with Crippen LogP contribution in [0.3, 0.4) is 0 Å². The Balaban J connectivity index is 1.25. The summed E-state index contributed by atoms with van der Waals surface area (Å²) in [6.07, 6.45) is 10.9. The predicted molar refractivity (Wildman–Crippen MR) is 229 cm³/mol. The van der Waals surface area contributed by atoms with E-state index < -0.39 is 82.9 Å². The lowest BCUT2D eigenvalue weighted by atomic mass is 9.82. The zero-order valence-corrected chi connectivity index (χ0v) is 36.6. The van der Waals surface area contributed by atoms with E-state index in [0.717, 1.165) is 44.1 Å². The van der Waals surface area contributed by atoms with Crippen molar-refractivity contribution in [3.05, 3.63) is 58.6 Å². The average Bonchev–Trinajstić information content (AvgIpc) is 3.75. The second-order valence-electron chi connectivity index (χ2n) is 18.5. The number of likely N-dealkylation sites (tertiary alicyclic amines) is 1. The van der Waals surface area contributed by atoms with Gasteiger partial charge in [-0.25, -0.2) is 9.18 Å². The molecule has 0 radical (unpaired) electrons. The van der Waals surface area contributed by atoms with Gasteiger partial charge in [-0.15, -0.1) is 0 Å². The Kier molecular flexibility index (Phi) is 15.0. The molecule has 3 aliphatic heterocycles. The number of hydrogen-bond donors (Lipinski definition) is 4. The molecule has 5 aliphatic rings. The van der Waals surface area contributed by atoms with Gasteiger partial charge in [0.15, 0.2) is 0 Å². The van der Waals surface area contributed by atoms with Gasteiger partial charge in [-0.3, -0.25) is 38.7 Å². The van der Waals surface area contributed by atoms with Crippen molar-refractivity contribution in [1.82, 2.24) is 31.1 Å². The molecule has 3 fully saturated rings. The maximum absolute atomic E-state index is 15.0. The fraction of sp³-hybridized carbons (Fsp3) is 0.609. The molecule has 0 spiro atoms. The Hall–Kier alpha value is -5.41. The van der Waals surface area contributed by atoms with Crippen molar-refractivity contribution < 1.29 is 42.7 Å². The van der Waals surface area contributed by atoms with Crippen molar-refractivity contribution in [2.24, 2.45) is 16.3 Å². The van der Waals surface area contributed by atoms with Crippen molar-refractivity contribution in [2.45, 2.75) is 161 Å². The summed E-state index contributed by atoms with van der Waals surface area (Å²) < 4.78 is 20.5. The van der Waals surface area contributed by atoms with Gasteiger partial charge >= 0.3 is 6.09 Å². The minimum atomic E-state index is -1.26. The lowest BCUT2D eigenvalue weighted by Crippen LogP contribution is -2.62. The van der Waals surface area contributed by atoms with E-state index in [2.05, 4.69) is 26.3 Å². The first-order chi connectivity index (χ1) is 29.5. The van der Waals surface area contributed by atoms with Crippen LogP contribution < -0.4 is 21.3 Å². The minimum absolute atomic E-state index is 0.0125. The van der Waals surface area contributed by atoms with Gasteiger partial charge in [0, 0.05) is 37.0 Å². The van der Waals surface area contributed by atoms with Gasteiger partial charge in [0.2, 0.25) is 23.5 Å². The SMILES string of the molecule is CCC[C@H](NC(=O)C1C[C@@H](OC(=O)N2Cc3cccc(F)c3C2)CN1C(=O)[C@@H](NC(=O)[C@@H](NC(=O)C1=C(C)CCC=CN=C1)C1CCCCC1)C(C)(C)C)C(=O)C(=O)NC1CC1. The zero-order valence-electron chi connectivity index (χ0n) is 36.6. The first-order valence-electron chi connectivity index (χ1n) is 22.2. The van der Waals surface area contributed by atoms with Crippen molar-refractivity contribution in [1.29, 1.82) is 0 Å². The van der Waals surface area contributed by atoms with E-state index in [9.17, 15) is 38.0 Å². The number of Topliss-reactive ketones (excluding diaryl/α,β-unsaturated/α-hetero) is 1. The highest BCUT2D eigenvalue weighted by Crippen LogP contribution is 2.32. The molecule has 2 saturated carbocycles. The number of aliphatic imine (C=N–C) groups is 1. The molecule has 1 aromatic carbocycles. The van der Waals surface area contributed by atoms with Gasteiger partial charge < -0.3 is 30.9 Å². The molecule has 62 heavy (non-hydrogen) atoms. The first-order valence-corrected chi connectivity index (χ1v) is 22.2. The van der Waals surface area contributed by atoms with Crippen molar-refractivity contribution in [3.8, 4) is 0 Å². The molecule has 4 N–H and O–H groups in total. The van der Waals surface area contributed by atoms with Crippen LogP contribution in [0.4, 0.5) is 9.18 Å². The maximum Gasteiger partial charge on any atom is 0.410 e. The number of ketones is 1. The molecule has 6 amide bonds. The number of rotatable bonds is 14. The van der Waals surface area contributed by atoms with E-state index in [1.165, 1.54) is 22.1 Å². The molecule has 3 heterocycles. The van der Waals surface area contributed by atoms with Gasteiger partial charge in [-0.1, -0.05) is 77.2 Å². The van der Waals surface area contributed by atoms with Crippen molar-refractivity contribution in [3.63, 3.8) is 0 Å². The Morgan fingerprint density at radius 1 is 0.968 bits per heavy atom. The number of carbonyl (C=O) groups excluding carboxylic acids is 7. The van der Waals surface area contributed by atoms with Crippen molar-refractivity contribution >= 4 is 47.6 Å². The highest BCUT2D eigenvalue weighted by Gasteiger charge is 2.48. The lowest BCUT2D eigenvalue weighted by molar-refractivity contribution is -0.145. The molecule has 0 bridgehead atoms. The van der Waals surface area contributed by atoms with E-state index in [1.807, 2.05) is 19.9 Å². The summed E-state index contributed by atoms with van der Waals surface area (Å²) in [5.74, 6) is -4.54. The molecule has 1 unspecified atom stereocenters. The van der Waals surface area contributed by atoms with Crippen LogP contribution in [-0.2, 0) is 46.6 Å². The number of allylic oxidation sites excluding steroid dienone is 2. The molecule has 336 valence electrons. The smallest absolute Gasteiger partial charge is 0.410 e. The predicted octanol–water partition coefficient (Wildman–Crippen LogP) is 4.67. The lowest BCUT2D eigenvalue weighted by Gasteiger charge is -2.37. The van der Waals surface area contributed by atoms with Crippen molar-refractivity contribution in [2.75, 3.05) is 6.54 Å². The third kappa shape index (κ3) is 11.3. The van der Waals surface area contributed by atoms with E-state index >= 15 is 0 Å². The molecule has 0 aromatic heterocycles. The molecule has 6 rings (SSSR count). The standard InChI is InChI=1S/C46H62FN7O8/c1-6-13-35(38(55)43(59)49-30-19-20-30)50-41(57)36-22-31(62-45(61)53-24-29-17-12-18-34(47)33(29)26-53)25-54(36)44(60)39(46(3,4)5)52-42(58)37(28-15-8-7-9-16-28)51-40(56)32-23-48-21-11-10-14-27(32)2/h11-12,17-18,21,23,28,30-31,35-37,39H,6-10,13-16,19-20,22,24-26H2,1-5H3,(H,49,59)(H,50,57)(H,51,56)(H,52,58)/t31-,35+,36?,37+,39-/m1/s1. The number of ether oxygens (including phenoxy) is 1. The van der Waals surface area contributed by atoms with Gasteiger partial charge in [0.1, 0.15) is 30.0 Å². The number of fused-ring (bicyclic) bond motifs is 1. The van der Waals surface area contributed by atoms with Crippen LogP contribution in [0.5, 0.6) is 0 Å². The molecule has 1 saturated heterocycles. The number of amides is 6. The Morgan fingerprint density at radius 2 is 1.71 bits per heavy atom. The van der Waals surface area contributed by atoms with Gasteiger partial charge in [0.25, 0.3) is 11.8 Å². The van der Waals surface area contributed by atoms with Crippen LogP contribution in [0.25, 0.3) is 0 Å².